The van der Waals surface area contributed by atoms with Crippen LogP contribution in [0.5, 0.6) is 5.75 Å². The van der Waals surface area contributed by atoms with Gasteiger partial charge in [0, 0.05) is 27.0 Å². The number of ether oxygens (including phenoxy) is 2. The second-order valence-electron chi connectivity index (χ2n) is 10.8. The third-order valence-electron chi connectivity index (χ3n) is 7.24. The molecule has 1 saturated heterocycles. The van der Waals surface area contributed by atoms with Crippen molar-refractivity contribution in [1.82, 2.24) is 4.90 Å². The van der Waals surface area contributed by atoms with Crippen LogP contribution >= 0.6 is 0 Å². The highest BCUT2D eigenvalue weighted by Crippen LogP contribution is 2.55. The summed E-state index contributed by atoms with van der Waals surface area (Å²) >= 11 is 0. The number of esters is 2. The minimum Gasteiger partial charge on any atom is -0.508 e. The van der Waals surface area contributed by atoms with E-state index in [-0.39, 0.29) is 24.6 Å². The third-order valence-corrected chi connectivity index (χ3v) is 8.95. The Kier molecular flexibility index (Phi) is 6.95. The van der Waals surface area contributed by atoms with Crippen LogP contribution in [0, 0.1) is 11.8 Å². The van der Waals surface area contributed by atoms with Gasteiger partial charge in [0.05, 0.1) is 24.4 Å². The summed E-state index contributed by atoms with van der Waals surface area (Å²) in [6, 6.07) is 5.74. The van der Waals surface area contributed by atoms with Crippen molar-refractivity contribution in [1.29, 1.82) is 0 Å². The molecule has 0 aromatic heterocycles. The molecule has 8 heteroatoms. The molecule has 0 unspecified atom stereocenters. The van der Waals surface area contributed by atoms with Gasteiger partial charge in [-0.05, 0) is 55.2 Å². The van der Waals surface area contributed by atoms with Crippen molar-refractivity contribution in [3.05, 3.63) is 29.3 Å². The van der Waals surface area contributed by atoms with Crippen molar-refractivity contribution in [2.24, 2.45) is 11.8 Å². The molecule has 1 heterocycles. The lowest BCUT2D eigenvalue weighted by atomic mass is 9.55. The first-order valence-electron chi connectivity index (χ1n) is 12.1. The number of nitrogens with zero attached hydrogens (tertiary/aromatic N) is 1. The van der Waals surface area contributed by atoms with Gasteiger partial charge in [0.25, 0.3) is 0 Å². The molecule has 4 atom stereocenters. The van der Waals surface area contributed by atoms with Crippen molar-refractivity contribution in [3.63, 3.8) is 0 Å². The maximum atomic E-state index is 13.3. The molecule has 4 aliphatic rings. The average molecular weight is 474 g/mol. The molecule has 1 N–H and O–H groups in total. The van der Waals surface area contributed by atoms with E-state index in [2.05, 4.69) is 24.5 Å². The maximum Gasteiger partial charge on any atom is 0.310 e. The molecule has 5 rings (SSSR count). The van der Waals surface area contributed by atoms with Crippen LogP contribution in [0.25, 0.3) is 0 Å². The third kappa shape index (κ3) is 5.16. The molecular weight excluding hydrogens is 438 g/mol. The number of Topliss-reactive ketones (excluding diaryl/α,β-unsaturated/α-hetero) is 1. The lowest BCUT2D eigenvalue weighted by molar-refractivity contribution is -0.167. The van der Waals surface area contributed by atoms with Crippen LogP contribution in [0.15, 0.2) is 18.2 Å². The van der Waals surface area contributed by atoms with Crippen LogP contribution in [-0.4, -0.2) is 68.7 Å². The number of rotatable bonds is 8. The number of carbonyl (C=O) groups excluding carboxylic acids is 3. The lowest BCUT2D eigenvalue weighted by Gasteiger charge is -2.46. The average Bonchev–Trinajstić information content (AvgIpc) is 3.25. The summed E-state index contributed by atoms with van der Waals surface area (Å²) in [4.78, 5) is 41.8. The molecule has 0 spiro atoms. The molecule has 0 radical (unpaired) electrons. The fraction of sp³-hybridized carbons (Fsp3) is 0.640. The van der Waals surface area contributed by atoms with Gasteiger partial charge >= 0.3 is 11.9 Å². The van der Waals surface area contributed by atoms with E-state index >= 15 is 0 Å². The Hall–Kier alpha value is -2.19. The molecule has 7 nitrogen and oxygen atoms in total. The Morgan fingerprint density at radius 2 is 1.70 bits per heavy atom. The first-order valence-corrected chi connectivity index (χ1v) is 15.8. The van der Waals surface area contributed by atoms with Gasteiger partial charge in [-0.25, -0.2) is 0 Å². The first-order chi connectivity index (χ1) is 15.7. The Balaban J connectivity index is 1.56. The van der Waals surface area contributed by atoms with Crippen molar-refractivity contribution in [2.75, 3.05) is 32.8 Å². The number of hydrogen-bond acceptors (Lipinski definition) is 7. The molecule has 0 amide bonds. The van der Waals surface area contributed by atoms with E-state index in [0.29, 0.717) is 18.7 Å². The number of hydrogen-bond donors (Lipinski definition) is 1. The number of phenols is 1. The zero-order chi connectivity index (χ0) is 23.8. The molecule has 2 bridgehead atoms. The van der Waals surface area contributed by atoms with Gasteiger partial charge in [0.15, 0.2) is 0 Å². The second kappa shape index (κ2) is 9.58. The maximum absolute atomic E-state index is 13.3. The number of carbonyl (C=O) groups is 3. The molecule has 33 heavy (non-hydrogen) atoms. The first kappa shape index (κ1) is 23.9. The Labute approximate surface area is 196 Å². The summed E-state index contributed by atoms with van der Waals surface area (Å²) in [5.41, 5.74) is 1.49. The van der Waals surface area contributed by atoms with E-state index in [1.807, 2.05) is 0 Å². The highest BCUT2D eigenvalue weighted by Gasteiger charge is 2.57. The van der Waals surface area contributed by atoms with Gasteiger partial charge in [-0.2, -0.15) is 0 Å². The molecule has 1 aromatic rings. The van der Waals surface area contributed by atoms with E-state index in [9.17, 15) is 19.5 Å². The van der Waals surface area contributed by atoms with Gasteiger partial charge in [-0.1, -0.05) is 25.7 Å². The summed E-state index contributed by atoms with van der Waals surface area (Å²) in [5.74, 6) is -3.85. The van der Waals surface area contributed by atoms with Crippen molar-refractivity contribution >= 4 is 25.8 Å². The number of likely N-dealkylation sites (tertiary alicyclic amines) is 1. The number of benzene rings is 1. The number of ketones is 1. The topological polar surface area (TPSA) is 93.1 Å². The highest BCUT2D eigenvalue weighted by atomic mass is 28.3. The predicted molar refractivity (Wildman–Crippen MR) is 126 cm³/mol. The summed E-state index contributed by atoms with van der Waals surface area (Å²) < 4.78 is 11.3. The van der Waals surface area contributed by atoms with Gasteiger partial charge in [-0.3, -0.25) is 19.3 Å². The van der Waals surface area contributed by atoms with Crippen molar-refractivity contribution in [3.8, 4) is 5.75 Å². The van der Waals surface area contributed by atoms with Crippen molar-refractivity contribution in [2.45, 2.75) is 56.8 Å². The lowest BCUT2D eigenvalue weighted by Crippen LogP contribution is -2.51. The van der Waals surface area contributed by atoms with E-state index in [0.717, 1.165) is 37.5 Å². The van der Waals surface area contributed by atoms with Crippen LogP contribution in [0.1, 0.15) is 42.2 Å². The van der Waals surface area contributed by atoms with E-state index in [4.69, 9.17) is 9.47 Å². The minimum absolute atomic E-state index is 0.0458. The van der Waals surface area contributed by atoms with Crippen LogP contribution < -0.4 is 0 Å². The molecule has 1 saturated carbocycles. The quantitative estimate of drug-likeness (QED) is 0.457. The molecule has 1 aromatic carbocycles. The van der Waals surface area contributed by atoms with Crippen LogP contribution in [0.4, 0.5) is 0 Å². The molecule has 2 fully saturated rings. The Bertz CT molecular complexity index is 920. The van der Waals surface area contributed by atoms with Gasteiger partial charge in [-0.15, -0.1) is 0 Å². The fourth-order valence-corrected chi connectivity index (χ4v) is 6.21. The summed E-state index contributed by atoms with van der Waals surface area (Å²) in [6.45, 7) is 9.87. The second-order valence-corrected chi connectivity index (χ2v) is 16.4. The van der Waals surface area contributed by atoms with Crippen molar-refractivity contribution < 1.29 is 29.0 Å². The SMILES string of the molecule is C[Si](C)(C)CCOC(=O)[C@H]1[C@H](C(=O)OCCN2CCCC2)[C@H]2C(=O)C[C@@H]1c1ccc(O)cc12. The smallest absolute Gasteiger partial charge is 0.310 e. The molecule has 1 aliphatic heterocycles. The van der Waals surface area contributed by atoms with Crippen LogP contribution in [0.3, 0.4) is 0 Å². The highest BCUT2D eigenvalue weighted by molar-refractivity contribution is 6.76. The number of fused-ring (bicyclic) bond motifs is 2. The number of phenolic OH excluding ortho intramolecular Hbond substituents is 1. The fourth-order valence-electron chi connectivity index (χ4n) is 5.49. The van der Waals surface area contributed by atoms with Gasteiger partial charge < -0.3 is 14.6 Å². The van der Waals surface area contributed by atoms with Crippen LogP contribution in [0.2, 0.25) is 25.7 Å². The largest absolute Gasteiger partial charge is 0.508 e. The van der Waals surface area contributed by atoms with E-state index in [1.54, 1.807) is 18.2 Å². The Morgan fingerprint density at radius 1 is 1.03 bits per heavy atom. The predicted octanol–water partition coefficient (Wildman–Crippen LogP) is 3.30. The van der Waals surface area contributed by atoms with Gasteiger partial charge in [0.1, 0.15) is 18.1 Å². The summed E-state index contributed by atoms with van der Waals surface area (Å²) in [7, 11) is -1.39. The zero-order valence-corrected chi connectivity index (χ0v) is 20.8. The molecular formula is C25H35NO6Si. The standard InChI is InChI=1S/C25H35NO6Si/c1-33(2,3)13-12-32-24(29)22-19-15-20(28)21(18-14-16(27)6-7-17(18)19)23(22)25(30)31-11-10-26-8-4-5-9-26/h6-7,14,19,21-23,27H,4-5,8-13,15H2,1-3H3/t19-,21-,22-,23-/m1/s1. The summed E-state index contributed by atoms with van der Waals surface area (Å²) in [6.07, 6.45) is 2.51. The normalized spacial score (nSPS) is 26.8. The van der Waals surface area contributed by atoms with Crippen LogP contribution in [-0.2, 0) is 23.9 Å². The van der Waals surface area contributed by atoms with E-state index in [1.165, 1.54) is 0 Å². The van der Waals surface area contributed by atoms with Gasteiger partial charge in [0.2, 0.25) is 0 Å². The van der Waals surface area contributed by atoms with E-state index < -0.39 is 43.7 Å². The zero-order valence-electron chi connectivity index (χ0n) is 19.8. The molecule has 3 aliphatic carbocycles. The minimum atomic E-state index is -1.39. The Morgan fingerprint density at radius 3 is 2.39 bits per heavy atom. The monoisotopic (exact) mass is 473 g/mol. The molecule has 180 valence electrons. The summed E-state index contributed by atoms with van der Waals surface area (Å²) in [5, 5.41) is 10.0. The number of aromatic hydroxyl groups is 1.